The maximum absolute atomic E-state index is 11.7. The monoisotopic (exact) mass is 338 g/mol. The number of anilines is 1. The van der Waals surface area contributed by atoms with Gasteiger partial charge in [-0.2, -0.15) is 0 Å². The Morgan fingerprint density at radius 3 is 2.36 bits per heavy atom. The lowest BCUT2D eigenvalue weighted by molar-refractivity contribution is 0.601. The topological polar surface area (TPSA) is 76.1 Å². The summed E-state index contributed by atoms with van der Waals surface area (Å²) in [5.41, 5.74) is 2.01. The Balaban J connectivity index is 2.09. The second-order valence-electron chi connectivity index (χ2n) is 5.01. The van der Waals surface area contributed by atoms with Gasteiger partial charge in [0, 0.05) is 41.8 Å². The molecule has 1 aromatic carbocycles. The van der Waals surface area contributed by atoms with E-state index in [2.05, 4.69) is 10.3 Å². The molecule has 22 heavy (non-hydrogen) atoms. The zero-order chi connectivity index (χ0) is 16.2. The van der Waals surface area contributed by atoms with Gasteiger partial charge < -0.3 is 5.32 Å². The van der Waals surface area contributed by atoms with Crippen molar-refractivity contribution < 1.29 is 12.6 Å². The van der Waals surface area contributed by atoms with Crippen molar-refractivity contribution in [3.8, 4) is 0 Å². The van der Waals surface area contributed by atoms with Crippen LogP contribution in [0.2, 0.25) is 0 Å². The molecule has 0 amide bonds. The molecule has 1 aromatic heterocycles. The maximum Gasteiger partial charge on any atom is 0.179 e. The van der Waals surface area contributed by atoms with Crippen molar-refractivity contribution in [2.75, 3.05) is 17.8 Å². The van der Waals surface area contributed by atoms with Crippen molar-refractivity contribution in [3.63, 3.8) is 0 Å². The van der Waals surface area contributed by atoms with Crippen LogP contribution in [-0.2, 0) is 32.9 Å². The molecule has 2 rings (SSSR count). The minimum Gasteiger partial charge on any atom is -0.365 e. The van der Waals surface area contributed by atoms with Crippen LogP contribution in [0.15, 0.2) is 47.5 Å². The van der Waals surface area contributed by atoms with Crippen LogP contribution < -0.4 is 5.32 Å². The number of sulfone groups is 1. The standard InChI is InChI=1S/C15H18N2O3S2/c1-21(18)11-13-7-5-12(6-8-13)10-17-15-14(22(2,19)20)4-3-9-16-15/h3-9H,10-11H2,1-2H3,(H,16,17). The van der Waals surface area contributed by atoms with Crippen molar-refractivity contribution in [2.45, 2.75) is 17.2 Å². The number of nitrogens with one attached hydrogen (secondary N) is 1. The summed E-state index contributed by atoms with van der Waals surface area (Å²) in [6.07, 6.45) is 4.38. The van der Waals surface area contributed by atoms with E-state index in [-0.39, 0.29) is 4.90 Å². The van der Waals surface area contributed by atoms with Gasteiger partial charge in [0.05, 0.1) is 0 Å². The quantitative estimate of drug-likeness (QED) is 0.871. The summed E-state index contributed by atoms with van der Waals surface area (Å²) in [4.78, 5) is 4.27. The molecular formula is C15H18N2O3S2. The van der Waals surface area contributed by atoms with Crippen LogP contribution in [0.25, 0.3) is 0 Å². The van der Waals surface area contributed by atoms with Crippen LogP contribution in [0.1, 0.15) is 11.1 Å². The highest BCUT2D eigenvalue weighted by Crippen LogP contribution is 2.18. The number of hydrogen-bond donors (Lipinski definition) is 1. The molecule has 0 spiro atoms. The number of aromatic nitrogens is 1. The molecule has 0 saturated carbocycles. The molecule has 2 aromatic rings. The minimum atomic E-state index is -3.32. The third kappa shape index (κ3) is 4.64. The van der Waals surface area contributed by atoms with Gasteiger partial charge in [0.1, 0.15) is 10.7 Å². The molecule has 0 aliphatic rings. The molecule has 1 unspecified atom stereocenters. The van der Waals surface area contributed by atoms with Crippen LogP contribution >= 0.6 is 0 Å². The lowest BCUT2D eigenvalue weighted by Crippen LogP contribution is -2.08. The van der Waals surface area contributed by atoms with Crippen LogP contribution in [0.3, 0.4) is 0 Å². The van der Waals surface area contributed by atoms with Crippen molar-refractivity contribution in [1.29, 1.82) is 0 Å². The first-order chi connectivity index (χ1) is 10.4. The average molecular weight is 338 g/mol. The molecular weight excluding hydrogens is 320 g/mol. The predicted octanol–water partition coefficient (Wildman–Crippen LogP) is 1.98. The summed E-state index contributed by atoms with van der Waals surface area (Å²) >= 11 is 0. The molecule has 0 aliphatic heterocycles. The van der Waals surface area contributed by atoms with Gasteiger partial charge in [0.25, 0.3) is 0 Å². The highest BCUT2D eigenvalue weighted by molar-refractivity contribution is 7.90. The van der Waals surface area contributed by atoms with Gasteiger partial charge >= 0.3 is 0 Å². The zero-order valence-electron chi connectivity index (χ0n) is 12.4. The zero-order valence-corrected chi connectivity index (χ0v) is 14.1. The van der Waals surface area contributed by atoms with Crippen molar-refractivity contribution in [1.82, 2.24) is 4.98 Å². The largest absolute Gasteiger partial charge is 0.365 e. The fourth-order valence-corrected chi connectivity index (χ4v) is 3.46. The van der Waals surface area contributed by atoms with E-state index in [1.807, 2.05) is 24.3 Å². The molecule has 5 nitrogen and oxygen atoms in total. The number of hydrogen-bond acceptors (Lipinski definition) is 5. The van der Waals surface area contributed by atoms with Crippen molar-refractivity contribution in [2.24, 2.45) is 0 Å². The van der Waals surface area contributed by atoms with Crippen molar-refractivity contribution in [3.05, 3.63) is 53.7 Å². The van der Waals surface area contributed by atoms with Crippen LogP contribution in [0, 0.1) is 0 Å². The number of pyridine rings is 1. The Bertz CT molecular complexity index is 772. The lowest BCUT2D eigenvalue weighted by atomic mass is 10.1. The van der Waals surface area contributed by atoms with E-state index in [1.54, 1.807) is 18.5 Å². The summed E-state index contributed by atoms with van der Waals surface area (Å²) in [7, 11) is -4.18. The first kappa shape index (κ1) is 16.6. The van der Waals surface area contributed by atoms with Crippen molar-refractivity contribution >= 4 is 26.5 Å². The highest BCUT2D eigenvalue weighted by atomic mass is 32.2. The predicted molar refractivity (Wildman–Crippen MR) is 88.9 cm³/mol. The Kier molecular flexibility index (Phi) is 5.31. The van der Waals surface area contributed by atoms with Gasteiger partial charge in [-0.15, -0.1) is 0 Å². The van der Waals surface area contributed by atoms with E-state index >= 15 is 0 Å². The molecule has 0 bridgehead atoms. The number of rotatable bonds is 6. The van der Waals surface area contributed by atoms with Gasteiger partial charge in [-0.05, 0) is 23.3 Å². The number of benzene rings is 1. The molecule has 0 saturated heterocycles. The minimum absolute atomic E-state index is 0.188. The Morgan fingerprint density at radius 1 is 1.14 bits per heavy atom. The summed E-state index contributed by atoms with van der Waals surface area (Å²) in [6, 6.07) is 10.8. The van der Waals surface area contributed by atoms with Crippen LogP contribution in [0.5, 0.6) is 0 Å². The molecule has 0 fully saturated rings. The first-order valence-corrected chi connectivity index (χ1v) is 10.2. The van der Waals surface area contributed by atoms with E-state index in [0.717, 1.165) is 17.4 Å². The Morgan fingerprint density at radius 2 is 1.77 bits per heavy atom. The van der Waals surface area contributed by atoms with Crippen LogP contribution in [-0.4, -0.2) is 30.1 Å². The van der Waals surface area contributed by atoms with Gasteiger partial charge in [-0.1, -0.05) is 24.3 Å². The molecule has 0 radical (unpaired) electrons. The van der Waals surface area contributed by atoms with Gasteiger partial charge in [0.15, 0.2) is 9.84 Å². The molecule has 0 aliphatic carbocycles. The van der Waals surface area contributed by atoms with Gasteiger partial charge in [-0.25, -0.2) is 13.4 Å². The normalized spacial score (nSPS) is 12.8. The number of nitrogens with zero attached hydrogens (tertiary/aromatic N) is 1. The fraction of sp³-hybridized carbons (Fsp3) is 0.267. The first-order valence-electron chi connectivity index (χ1n) is 6.63. The Labute approximate surface area is 133 Å². The third-order valence-electron chi connectivity index (χ3n) is 3.02. The lowest BCUT2D eigenvalue weighted by Gasteiger charge is -2.10. The molecule has 1 heterocycles. The van der Waals surface area contributed by atoms with E-state index < -0.39 is 20.6 Å². The van der Waals surface area contributed by atoms with E-state index in [1.165, 1.54) is 6.07 Å². The summed E-state index contributed by atoms with van der Waals surface area (Å²) in [6.45, 7) is 0.467. The van der Waals surface area contributed by atoms with Gasteiger partial charge in [-0.3, -0.25) is 4.21 Å². The van der Waals surface area contributed by atoms with Gasteiger partial charge in [0.2, 0.25) is 0 Å². The summed E-state index contributed by atoms with van der Waals surface area (Å²) in [5.74, 6) is 0.885. The highest BCUT2D eigenvalue weighted by Gasteiger charge is 2.13. The Hall–Kier alpha value is -1.73. The molecule has 7 heteroatoms. The van der Waals surface area contributed by atoms with Crippen LogP contribution in [0.4, 0.5) is 5.82 Å². The average Bonchev–Trinajstić information content (AvgIpc) is 2.45. The second-order valence-corrected chi connectivity index (χ2v) is 8.43. The van der Waals surface area contributed by atoms with E-state index in [4.69, 9.17) is 0 Å². The third-order valence-corrected chi connectivity index (χ3v) is 4.89. The summed E-state index contributed by atoms with van der Waals surface area (Å²) in [5, 5.41) is 3.05. The maximum atomic E-state index is 11.7. The fourth-order valence-electron chi connectivity index (χ4n) is 2.00. The molecule has 1 N–H and O–H groups in total. The second kappa shape index (κ2) is 7.02. The SMILES string of the molecule is CS(=O)Cc1ccc(CNc2ncccc2S(C)(=O)=O)cc1. The van der Waals surface area contributed by atoms with E-state index in [9.17, 15) is 12.6 Å². The smallest absolute Gasteiger partial charge is 0.179 e. The summed E-state index contributed by atoms with van der Waals surface area (Å²) < 4.78 is 34.6. The van der Waals surface area contributed by atoms with E-state index in [0.29, 0.717) is 18.1 Å². The molecule has 1 atom stereocenters. The molecule has 118 valence electrons.